The molecule has 0 aliphatic heterocycles. The summed E-state index contributed by atoms with van der Waals surface area (Å²) in [7, 11) is 0. The Morgan fingerprint density at radius 2 is 1.59 bits per heavy atom. The molecule has 0 heterocycles. The van der Waals surface area contributed by atoms with Crippen LogP contribution in [0.3, 0.4) is 0 Å². The fourth-order valence-corrected chi connectivity index (χ4v) is 3.52. The van der Waals surface area contributed by atoms with Crippen LogP contribution in [-0.4, -0.2) is 16.7 Å². The lowest BCUT2D eigenvalue weighted by Crippen LogP contribution is -2.26. The first kappa shape index (κ1) is 25.1. The van der Waals surface area contributed by atoms with Crippen molar-refractivity contribution in [2.45, 2.75) is 99.3 Å². The molecule has 0 atom stereocenters. The number of allylic oxidation sites excluding steroid dienone is 7. The molecule has 0 saturated heterocycles. The number of aliphatic hydroxyl groups excluding tert-OH is 1. The van der Waals surface area contributed by atoms with E-state index in [1.54, 1.807) is 0 Å². The quantitative estimate of drug-likeness (QED) is 0.161. The molecular formula is C26H40O3. The van der Waals surface area contributed by atoms with Gasteiger partial charge in [-0.3, -0.25) is 9.59 Å². The molecule has 0 spiro atoms. The van der Waals surface area contributed by atoms with Gasteiger partial charge in [-0.1, -0.05) is 56.9 Å². The number of unbranched alkanes of at least 4 members (excludes halogenated alkanes) is 2. The summed E-state index contributed by atoms with van der Waals surface area (Å²) in [5.41, 5.74) is 4.00. The van der Waals surface area contributed by atoms with Gasteiger partial charge in [0.05, 0.1) is 0 Å². The third-order valence-electron chi connectivity index (χ3n) is 5.44. The molecule has 0 saturated carbocycles. The van der Waals surface area contributed by atoms with Crippen molar-refractivity contribution in [1.29, 1.82) is 0 Å². The maximum absolute atomic E-state index is 12.8. The molecule has 0 bridgehead atoms. The van der Waals surface area contributed by atoms with Crippen LogP contribution in [0.5, 0.6) is 0 Å². The normalized spacial score (nSPS) is 15.6. The number of aliphatic hydroxyl groups is 1. The van der Waals surface area contributed by atoms with E-state index in [9.17, 15) is 14.7 Å². The molecule has 0 aromatic carbocycles. The van der Waals surface area contributed by atoms with Crippen LogP contribution >= 0.6 is 0 Å². The Hall–Kier alpha value is -1.90. The van der Waals surface area contributed by atoms with Gasteiger partial charge >= 0.3 is 0 Å². The Bertz CT molecular complexity index is 710. The van der Waals surface area contributed by atoms with Gasteiger partial charge in [0, 0.05) is 16.7 Å². The number of ketones is 2. The van der Waals surface area contributed by atoms with Gasteiger partial charge in [-0.25, -0.2) is 0 Å². The minimum absolute atomic E-state index is 0.0649. The number of rotatable bonds is 12. The molecule has 1 aliphatic rings. The molecule has 0 aromatic rings. The van der Waals surface area contributed by atoms with Crippen LogP contribution in [0.15, 0.2) is 45.8 Å². The minimum Gasteiger partial charge on any atom is -0.507 e. The number of hydrogen-bond donors (Lipinski definition) is 1. The van der Waals surface area contributed by atoms with E-state index >= 15 is 0 Å². The Morgan fingerprint density at radius 3 is 2.17 bits per heavy atom. The van der Waals surface area contributed by atoms with Crippen molar-refractivity contribution in [3.63, 3.8) is 0 Å². The van der Waals surface area contributed by atoms with E-state index in [1.165, 1.54) is 11.1 Å². The van der Waals surface area contributed by atoms with Gasteiger partial charge < -0.3 is 5.11 Å². The lowest BCUT2D eigenvalue weighted by atomic mass is 9.82. The second-order valence-electron chi connectivity index (χ2n) is 8.91. The van der Waals surface area contributed by atoms with Crippen LogP contribution in [-0.2, 0) is 9.59 Å². The highest BCUT2D eigenvalue weighted by Crippen LogP contribution is 2.33. The average molecular weight is 401 g/mol. The van der Waals surface area contributed by atoms with Crippen molar-refractivity contribution in [2.75, 3.05) is 0 Å². The van der Waals surface area contributed by atoms with Crippen LogP contribution in [0.1, 0.15) is 99.3 Å². The SMILES string of the molecule is CCCCCC1=C(CCC(C)C)C(O)=C(C/C=C(\C)CCC=C(C)C)C(=O)C1=O. The molecular weight excluding hydrogens is 360 g/mol. The van der Waals surface area contributed by atoms with Gasteiger partial charge in [0.1, 0.15) is 5.76 Å². The van der Waals surface area contributed by atoms with Crippen molar-refractivity contribution < 1.29 is 14.7 Å². The fourth-order valence-electron chi connectivity index (χ4n) is 3.52. The van der Waals surface area contributed by atoms with Crippen LogP contribution in [0.25, 0.3) is 0 Å². The van der Waals surface area contributed by atoms with E-state index in [-0.39, 0.29) is 11.3 Å². The largest absolute Gasteiger partial charge is 0.507 e. The first-order valence-electron chi connectivity index (χ1n) is 11.2. The zero-order valence-electron chi connectivity index (χ0n) is 19.4. The number of carbonyl (C=O) groups is 2. The molecule has 3 nitrogen and oxygen atoms in total. The van der Waals surface area contributed by atoms with Crippen LogP contribution in [0.2, 0.25) is 0 Å². The molecule has 1 aliphatic carbocycles. The van der Waals surface area contributed by atoms with Crippen molar-refractivity contribution in [1.82, 2.24) is 0 Å². The van der Waals surface area contributed by atoms with Crippen molar-refractivity contribution in [3.05, 3.63) is 45.8 Å². The molecule has 1 rings (SSSR count). The molecule has 29 heavy (non-hydrogen) atoms. The lowest BCUT2D eigenvalue weighted by Gasteiger charge is -2.22. The Kier molecular flexibility index (Phi) is 10.9. The molecule has 0 amide bonds. The smallest absolute Gasteiger partial charge is 0.233 e. The molecule has 1 N–H and O–H groups in total. The van der Waals surface area contributed by atoms with Gasteiger partial charge in [0.15, 0.2) is 0 Å². The first-order chi connectivity index (χ1) is 13.7. The average Bonchev–Trinajstić information content (AvgIpc) is 2.64. The topological polar surface area (TPSA) is 54.4 Å². The fraction of sp³-hybridized carbons (Fsp3) is 0.615. The van der Waals surface area contributed by atoms with E-state index in [2.05, 4.69) is 40.7 Å². The third kappa shape index (κ3) is 8.16. The molecule has 0 unspecified atom stereocenters. The maximum atomic E-state index is 12.8. The second-order valence-corrected chi connectivity index (χ2v) is 8.91. The maximum Gasteiger partial charge on any atom is 0.233 e. The zero-order valence-corrected chi connectivity index (χ0v) is 19.4. The van der Waals surface area contributed by atoms with E-state index in [1.807, 2.05) is 13.0 Å². The predicted molar refractivity (Wildman–Crippen MR) is 122 cm³/mol. The van der Waals surface area contributed by atoms with E-state index in [4.69, 9.17) is 0 Å². The van der Waals surface area contributed by atoms with Gasteiger partial charge in [-0.05, 0) is 71.6 Å². The van der Waals surface area contributed by atoms with E-state index < -0.39 is 11.6 Å². The van der Waals surface area contributed by atoms with Crippen molar-refractivity contribution in [2.24, 2.45) is 5.92 Å². The van der Waals surface area contributed by atoms with Crippen molar-refractivity contribution >= 4 is 11.6 Å². The number of hydrogen-bond acceptors (Lipinski definition) is 3. The third-order valence-corrected chi connectivity index (χ3v) is 5.44. The summed E-state index contributed by atoms with van der Waals surface area (Å²) in [5, 5.41) is 10.9. The highest BCUT2D eigenvalue weighted by atomic mass is 16.3. The van der Waals surface area contributed by atoms with Gasteiger partial charge in [0.2, 0.25) is 11.6 Å². The second kappa shape index (κ2) is 12.6. The number of Topliss-reactive ketones (excluding diaryl/α,β-unsaturated/α-hetero) is 2. The highest BCUT2D eigenvalue weighted by molar-refractivity contribution is 6.50. The molecule has 162 valence electrons. The predicted octanol–water partition coefficient (Wildman–Crippen LogP) is 7.35. The summed E-state index contributed by atoms with van der Waals surface area (Å²) in [6, 6.07) is 0. The van der Waals surface area contributed by atoms with Gasteiger partial charge in [0.25, 0.3) is 0 Å². The molecule has 3 heteroatoms. The minimum atomic E-state index is -0.518. The van der Waals surface area contributed by atoms with Gasteiger partial charge in [-0.15, -0.1) is 0 Å². The first-order valence-corrected chi connectivity index (χ1v) is 11.2. The van der Waals surface area contributed by atoms with Gasteiger partial charge in [-0.2, -0.15) is 0 Å². The summed E-state index contributed by atoms with van der Waals surface area (Å²) in [6.45, 7) is 12.6. The standard InChI is InChI=1S/C26H40O3/c1-7-8-9-13-21-22(16-14-19(4)5)24(27)23(26(29)25(21)28)17-15-20(6)12-10-11-18(2)3/h11,15,19,27H,7-10,12-14,16-17H2,1-6H3/b20-15+. The van der Waals surface area contributed by atoms with E-state index in [0.29, 0.717) is 36.3 Å². The van der Waals surface area contributed by atoms with Crippen LogP contribution in [0, 0.1) is 5.92 Å². The number of carbonyl (C=O) groups excluding carboxylic acids is 2. The monoisotopic (exact) mass is 400 g/mol. The van der Waals surface area contributed by atoms with Crippen LogP contribution < -0.4 is 0 Å². The summed E-state index contributed by atoms with van der Waals surface area (Å²) in [5.74, 6) is -0.380. The molecule has 0 aromatic heterocycles. The summed E-state index contributed by atoms with van der Waals surface area (Å²) in [4.78, 5) is 25.6. The Labute approximate surface area is 177 Å². The Morgan fingerprint density at radius 1 is 0.931 bits per heavy atom. The summed E-state index contributed by atoms with van der Waals surface area (Å²) < 4.78 is 0. The summed E-state index contributed by atoms with van der Waals surface area (Å²) >= 11 is 0. The van der Waals surface area contributed by atoms with E-state index in [0.717, 1.165) is 38.5 Å². The van der Waals surface area contributed by atoms with Crippen molar-refractivity contribution in [3.8, 4) is 0 Å². The highest BCUT2D eigenvalue weighted by Gasteiger charge is 2.33. The zero-order chi connectivity index (χ0) is 22.0. The summed E-state index contributed by atoms with van der Waals surface area (Å²) in [6.07, 6.45) is 11.5. The van der Waals surface area contributed by atoms with Crippen LogP contribution in [0.4, 0.5) is 0 Å². The lowest BCUT2D eigenvalue weighted by molar-refractivity contribution is -0.132. The Balaban J connectivity index is 3.11. The molecule has 0 fully saturated rings. The molecule has 0 radical (unpaired) electrons.